The Morgan fingerprint density at radius 3 is 1.87 bits per heavy atom. The average molecular weight is 423 g/mol. The first-order valence-electron chi connectivity index (χ1n) is 9.60. The quantitative estimate of drug-likeness (QED) is 0.461. The van der Waals surface area contributed by atoms with Crippen molar-refractivity contribution >= 4 is 21.4 Å². The van der Waals surface area contributed by atoms with Gasteiger partial charge in [-0.3, -0.25) is 10.1 Å². The van der Waals surface area contributed by atoms with Gasteiger partial charge in [-0.25, -0.2) is 8.42 Å². The zero-order valence-corrected chi connectivity index (χ0v) is 17.0. The SMILES string of the molecule is O=[N+]([O-])c1ccc(N2CCN(S(=O)(=O)c3ccc(-c4ccccc4)cc3)CC2)cc1. The molecule has 0 aliphatic carbocycles. The smallest absolute Gasteiger partial charge is 0.269 e. The molecular formula is C22H21N3O4S. The molecule has 3 aromatic rings. The fourth-order valence-electron chi connectivity index (χ4n) is 3.57. The van der Waals surface area contributed by atoms with E-state index in [1.54, 1.807) is 24.3 Å². The van der Waals surface area contributed by atoms with Crippen LogP contribution < -0.4 is 4.90 Å². The highest BCUT2D eigenvalue weighted by molar-refractivity contribution is 7.89. The van der Waals surface area contributed by atoms with Crippen LogP contribution in [0.5, 0.6) is 0 Å². The number of benzene rings is 3. The van der Waals surface area contributed by atoms with Crippen molar-refractivity contribution in [1.82, 2.24) is 4.31 Å². The van der Waals surface area contributed by atoms with Crippen LogP contribution in [0.25, 0.3) is 11.1 Å². The molecule has 30 heavy (non-hydrogen) atoms. The highest BCUT2D eigenvalue weighted by Gasteiger charge is 2.28. The van der Waals surface area contributed by atoms with Crippen molar-refractivity contribution in [3.63, 3.8) is 0 Å². The van der Waals surface area contributed by atoms with Crippen molar-refractivity contribution in [2.75, 3.05) is 31.1 Å². The van der Waals surface area contributed by atoms with Crippen LogP contribution in [0.2, 0.25) is 0 Å². The van der Waals surface area contributed by atoms with Gasteiger partial charge in [0.05, 0.1) is 9.82 Å². The molecule has 0 radical (unpaired) electrons. The van der Waals surface area contributed by atoms with E-state index in [1.165, 1.54) is 16.4 Å². The van der Waals surface area contributed by atoms with Gasteiger partial charge in [0.15, 0.2) is 0 Å². The number of rotatable bonds is 5. The number of hydrogen-bond acceptors (Lipinski definition) is 5. The summed E-state index contributed by atoms with van der Waals surface area (Å²) in [4.78, 5) is 12.7. The molecule has 0 amide bonds. The number of non-ortho nitro benzene ring substituents is 1. The predicted molar refractivity (Wildman–Crippen MR) is 116 cm³/mol. The predicted octanol–water partition coefficient (Wildman–Crippen LogP) is 3.77. The molecular weight excluding hydrogens is 402 g/mol. The zero-order chi connectivity index (χ0) is 21.1. The molecule has 0 bridgehead atoms. The first-order valence-corrected chi connectivity index (χ1v) is 11.0. The average Bonchev–Trinajstić information content (AvgIpc) is 2.80. The maximum atomic E-state index is 13.0. The third kappa shape index (κ3) is 4.05. The summed E-state index contributed by atoms with van der Waals surface area (Å²) in [5.41, 5.74) is 2.90. The molecule has 154 valence electrons. The van der Waals surface area contributed by atoms with E-state index < -0.39 is 14.9 Å². The third-order valence-corrected chi connectivity index (χ3v) is 7.18. The van der Waals surface area contributed by atoms with Gasteiger partial charge in [0, 0.05) is 44.0 Å². The van der Waals surface area contributed by atoms with Crippen LogP contribution in [0, 0.1) is 10.1 Å². The summed E-state index contributed by atoms with van der Waals surface area (Å²) in [6.45, 7) is 1.78. The Hall–Kier alpha value is -3.23. The lowest BCUT2D eigenvalue weighted by Gasteiger charge is -2.35. The number of piperazine rings is 1. The normalized spacial score (nSPS) is 15.1. The van der Waals surface area contributed by atoms with E-state index in [0.717, 1.165) is 16.8 Å². The van der Waals surface area contributed by atoms with Crippen molar-refractivity contribution < 1.29 is 13.3 Å². The second kappa shape index (κ2) is 8.25. The molecule has 0 N–H and O–H groups in total. The molecule has 0 spiro atoms. The molecule has 8 heteroatoms. The second-order valence-corrected chi connectivity index (χ2v) is 8.99. The van der Waals surface area contributed by atoms with Gasteiger partial charge in [-0.05, 0) is 35.4 Å². The van der Waals surface area contributed by atoms with Gasteiger partial charge in [0.2, 0.25) is 10.0 Å². The summed E-state index contributed by atoms with van der Waals surface area (Å²) in [6.07, 6.45) is 0. The lowest BCUT2D eigenvalue weighted by Crippen LogP contribution is -2.48. The van der Waals surface area contributed by atoms with Gasteiger partial charge in [0.25, 0.3) is 5.69 Å². The van der Waals surface area contributed by atoms with E-state index in [9.17, 15) is 18.5 Å². The zero-order valence-electron chi connectivity index (χ0n) is 16.2. The van der Waals surface area contributed by atoms with Crippen LogP contribution in [0.15, 0.2) is 83.8 Å². The monoisotopic (exact) mass is 423 g/mol. The van der Waals surface area contributed by atoms with Gasteiger partial charge in [-0.2, -0.15) is 4.31 Å². The molecule has 0 atom stereocenters. The van der Waals surface area contributed by atoms with Crippen molar-refractivity contribution in [3.05, 3.63) is 89.0 Å². The molecule has 3 aromatic carbocycles. The van der Waals surface area contributed by atoms with Gasteiger partial charge in [-0.1, -0.05) is 42.5 Å². The second-order valence-electron chi connectivity index (χ2n) is 7.06. The minimum Gasteiger partial charge on any atom is -0.369 e. The largest absolute Gasteiger partial charge is 0.369 e. The van der Waals surface area contributed by atoms with Crippen molar-refractivity contribution in [2.45, 2.75) is 4.90 Å². The van der Waals surface area contributed by atoms with Gasteiger partial charge in [0.1, 0.15) is 0 Å². The Balaban J connectivity index is 1.44. The van der Waals surface area contributed by atoms with Gasteiger partial charge < -0.3 is 4.90 Å². The minimum atomic E-state index is -3.57. The summed E-state index contributed by atoms with van der Waals surface area (Å²) < 4.78 is 27.6. The fraction of sp³-hybridized carbons (Fsp3) is 0.182. The third-order valence-electron chi connectivity index (χ3n) is 5.26. The van der Waals surface area contributed by atoms with E-state index in [0.29, 0.717) is 26.2 Å². The summed E-state index contributed by atoms with van der Waals surface area (Å²) in [5.74, 6) is 0. The van der Waals surface area contributed by atoms with E-state index in [-0.39, 0.29) is 10.6 Å². The van der Waals surface area contributed by atoms with Gasteiger partial charge in [-0.15, -0.1) is 0 Å². The van der Waals surface area contributed by atoms with E-state index in [1.807, 2.05) is 47.4 Å². The molecule has 7 nitrogen and oxygen atoms in total. The number of nitrogens with zero attached hydrogens (tertiary/aromatic N) is 3. The summed E-state index contributed by atoms with van der Waals surface area (Å²) in [5, 5.41) is 10.8. The van der Waals surface area contributed by atoms with E-state index in [4.69, 9.17) is 0 Å². The number of hydrogen-bond donors (Lipinski definition) is 0. The molecule has 1 aliphatic rings. The minimum absolute atomic E-state index is 0.0407. The molecule has 1 fully saturated rings. The Morgan fingerprint density at radius 1 is 0.733 bits per heavy atom. The standard InChI is InChI=1S/C22H21N3O4S/c26-25(27)21-10-8-20(9-11-21)23-14-16-24(17-15-23)30(28,29)22-12-6-19(7-13-22)18-4-2-1-3-5-18/h1-13H,14-17H2. The van der Waals surface area contributed by atoms with Crippen LogP contribution in [0.3, 0.4) is 0 Å². The first-order chi connectivity index (χ1) is 14.4. The highest BCUT2D eigenvalue weighted by atomic mass is 32.2. The maximum absolute atomic E-state index is 13.0. The Kier molecular flexibility index (Phi) is 5.52. The lowest BCUT2D eigenvalue weighted by molar-refractivity contribution is -0.384. The molecule has 4 rings (SSSR count). The van der Waals surface area contributed by atoms with Crippen LogP contribution in [-0.4, -0.2) is 43.8 Å². The topological polar surface area (TPSA) is 83.8 Å². The molecule has 1 heterocycles. The molecule has 1 aliphatic heterocycles. The Morgan fingerprint density at radius 2 is 1.30 bits per heavy atom. The van der Waals surface area contributed by atoms with Crippen molar-refractivity contribution in [2.24, 2.45) is 0 Å². The van der Waals surface area contributed by atoms with Crippen LogP contribution in [-0.2, 0) is 10.0 Å². The fourth-order valence-corrected chi connectivity index (χ4v) is 4.99. The van der Waals surface area contributed by atoms with Crippen molar-refractivity contribution in [1.29, 1.82) is 0 Å². The number of nitro benzene ring substituents is 1. The molecule has 0 saturated carbocycles. The van der Waals surface area contributed by atoms with E-state index in [2.05, 4.69) is 0 Å². The summed E-state index contributed by atoms with van der Waals surface area (Å²) in [6, 6.07) is 23.1. The molecule has 0 aromatic heterocycles. The number of sulfonamides is 1. The van der Waals surface area contributed by atoms with Crippen LogP contribution in [0.4, 0.5) is 11.4 Å². The number of nitro groups is 1. The maximum Gasteiger partial charge on any atom is 0.269 e. The molecule has 1 saturated heterocycles. The summed E-state index contributed by atoms with van der Waals surface area (Å²) in [7, 11) is -3.57. The first kappa shape index (κ1) is 20.1. The van der Waals surface area contributed by atoms with Crippen molar-refractivity contribution in [3.8, 4) is 11.1 Å². The lowest BCUT2D eigenvalue weighted by atomic mass is 10.1. The van der Waals surface area contributed by atoms with Gasteiger partial charge >= 0.3 is 0 Å². The van der Waals surface area contributed by atoms with Crippen LogP contribution >= 0.6 is 0 Å². The van der Waals surface area contributed by atoms with E-state index >= 15 is 0 Å². The Labute approximate surface area is 175 Å². The van der Waals surface area contributed by atoms with Crippen LogP contribution in [0.1, 0.15) is 0 Å². The highest BCUT2D eigenvalue weighted by Crippen LogP contribution is 2.25. The molecule has 0 unspecified atom stereocenters. The summed E-state index contributed by atoms with van der Waals surface area (Å²) >= 11 is 0. The Bertz CT molecular complexity index is 1120. The number of anilines is 1.